The average molecular weight is 380 g/mol. The summed E-state index contributed by atoms with van der Waals surface area (Å²) in [6.07, 6.45) is 0. The highest BCUT2D eigenvalue weighted by Crippen LogP contribution is 2.21. The standard InChI is InChI=1S/C22H17FO5/c23-19-12-6-4-10-17(19)22(25)28-20-13-7-5-11-18(20)21(24)27-15-14-26-16-8-2-1-3-9-16/h1-13H,14-15H2. The van der Waals surface area contributed by atoms with Crippen molar-refractivity contribution >= 4 is 11.9 Å². The second kappa shape index (κ2) is 9.32. The van der Waals surface area contributed by atoms with E-state index in [0.717, 1.165) is 6.07 Å². The van der Waals surface area contributed by atoms with Crippen molar-refractivity contribution in [2.24, 2.45) is 0 Å². The van der Waals surface area contributed by atoms with E-state index in [1.165, 1.54) is 30.3 Å². The topological polar surface area (TPSA) is 61.8 Å². The molecule has 3 rings (SSSR count). The van der Waals surface area contributed by atoms with Crippen molar-refractivity contribution in [2.75, 3.05) is 13.2 Å². The minimum atomic E-state index is -0.897. The zero-order valence-electron chi connectivity index (χ0n) is 14.8. The molecule has 142 valence electrons. The molecule has 0 atom stereocenters. The van der Waals surface area contributed by atoms with Crippen LogP contribution in [0.5, 0.6) is 11.5 Å². The molecular weight excluding hydrogens is 363 g/mol. The van der Waals surface area contributed by atoms with Gasteiger partial charge in [-0.05, 0) is 36.4 Å². The van der Waals surface area contributed by atoms with Crippen LogP contribution in [0.25, 0.3) is 0 Å². The Morgan fingerprint density at radius 1 is 0.714 bits per heavy atom. The van der Waals surface area contributed by atoms with Gasteiger partial charge in [0.15, 0.2) is 0 Å². The van der Waals surface area contributed by atoms with Crippen molar-refractivity contribution in [3.63, 3.8) is 0 Å². The van der Waals surface area contributed by atoms with Crippen LogP contribution in [-0.2, 0) is 4.74 Å². The highest BCUT2D eigenvalue weighted by atomic mass is 19.1. The van der Waals surface area contributed by atoms with Crippen LogP contribution in [0.2, 0.25) is 0 Å². The van der Waals surface area contributed by atoms with Gasteiger partial charge in [0.25, 0.3) is 0 Å². The number of rotatable bonds is 7. The van der Waals surface area contributed by atoms with Crippen LogP contribution in [0.1, 0.15) is 20.7 Å². The number of ether oxygens (including phenoxy) is 3. The normalized spacial score (nSPS) is 10.2. The summed E-state index contributed by atoms with van der Waals surface area (Å²) in [5, 5.41) is 0. The lowest BCUT2D eigenvalue weighted by molar-refractivity contribution is 0.0445. The third-order valence-electron chi connectivity index (χ3n) is 3.73. The molecule has 5 nitrogen and oxygen atoms in total. The Kier molecular flexibility index (Phi) is 6.36. The quantitative estimate of drug-likeness (QED) is 0.348. The first-order valence-corrected chi connectivity index (χ1v) is 8.56. The van der Waals surface area contributed by atoms with Crippen LogP contribution in [-0.4, -0.2) is 25.2 Å². The van der Waals surface area contributed by atoms with Crippen molar-refractivity contribution < 1.29 is 28.2 Å². The zero-order valence-corrected chi connectivity index (χ0v) is 14.8. The van der Waals surface area contributed by atoms with Crippen LogP contribution in [0, 0.1) is 5.82 Å². The minimum Gasteiger partial charge on any atom is -0.490 e. The van der Waals surface area contributed by atoms with Crippen molar-refractivity contribution in [2.45, 2.75) is 0 Å². The Bertz CT molecular complexity index is 956. The Morgan fingerprint density at radius 2 is 1.36 bits per heavy atom. The second-order valence-corrected chi connectivity index (χ2v) is 5.66. The molecule has 0 unspecified atom stereocenters. The van der Waals surface area contributed by atoms with Crippen molar-refractivity contribution in [1.82, 2.24) is 0 Å². The maximum atomic E-state index is 13.7. The van der Waals surface area contributed by atoms with Gasteiger partial charge in [-0.1, -0.05) is 42.5 Å². The SMILES string of the molecule is O=C(Oc1ccccc1C(=O)OCCOc1ccccc1)c1ccccc1F. The van der Waals surface area contributed by atoms with E-state index >= 15 is 0 Å². The first kappa shape index (κ1) is 19.1. The molecule has 0 aromatic heterocycles. The van der Waals surface area contributed by atoms with Gasteiger partial charge in [-0.3, -0.25) is 0 Å². The zero-order chi connectivity index (χ0) is 19.8. The number of carbonyl (C=O) groups excluding carboxylic acids is 2. The number of carbonyl (C=O) groups is 2. The van der Waals surface area contributed by atoms with Gasteiger partial charge in [0.2, 0.25) is 0 Å². The Labute approximate surface area is 161 Å². The Hall–Kier alpha value is -3.67. The van der Waals surface area contributed by atoms with E-state index < -0.39 is 17.8 Å². The van der Waals surface area contributed by atoms with Crippen LogP contribution in [0.3, 0.4) is 0 Å². The number of hydrogen-bond donors (Lipinski definition) is 0. The summed E-state index contributed by atoms with van der Waals surface area (Å²) < 4.78 is 29.6. The minimum absolute atomic E-state index is 0.00951. The third kappa shape index (κ3) is 4.94. The average Bonchev–Trinajstić information content (AvgIpc) is 2.72. The lowest BCUT2D eigenvalue weighted by atomic mass is 10.2. The summed E-state index contributed by atoms with van der Waals surface area (Å²) in [7, 11) is 0. The molecule has 0 amide bonds. The number of benzene rings is 3. The highest BCUT2D eigenvalue weighted by Gasteiger charge is 2.19. The van der Waals surface area contributed by atoms with Gasteiger partial charge in [-0.2, -0.15) is 0 Å². The molecule has 0 spiro atoms. The molecule has 0 aliphatic heterocycles. The molecule has 0 saturated carbocycles. The number of esters is 2. The predicted molar refractivity (Wildman–Crippen MR) is 100 cm³/mol. The summed E-state index contributed by atoms with van der Waals surface area (Å²) >= 11 is 0. The molecule has 0 fully saturated rings. The van der Waals surface area contributed by atoms with Crippen molar-refractivity contribution in [3.8, 4) is 11.5 Å². The first-order valence-electron chi connectivity index (χ1n) is 8.56. The monoisotopic (exact) mass is 380 g/mol. The van der Waals surface area contributed by atoms with Crippen molar-refractivity contribution in [3.05, 3.63) is 95.8 Å². The van der Waals surface area contributed by atoms with E-state index in [1.807, 2.05) is 18.2 Å². The van der Waals surface area contributed by atoms with Gasteiger partial charge in [-0.25, -0.2) is 14.0 Å². The fraction of sp³-hybridized carbons (Fsp3) is 0.0909. The van der Waals surface area contributed by atoms with Gasteiger partial charge in [0.1, 0.15) is 36.1 Å². The molecule has 3 aromatic carbocycles. The molecule has 3 aromatic rings. The molecule has 0 saturated heterocycles. The van der Waals surface area contributed by atoms with Gasteiger partial charge in [0.05, 0.1) is 5.56 Å². The molecule has 0 aliphatic rings. The smallest absolute Gasteiger partial charge is 0.346 e. The number of para-hydroxylation sites is 2. The van der Waals surface area contributed by atoms with Crippen LogP contribution >= 0.6 is 0 Å². The summed E-state index contributed by atoms with van der Waals surface area (Å²) in [5.74, 6) is -1.62. The Balaban J connectivity index is 1.60. The number of halogens is 1. The molecule has 6 heteroatoms. The summed E-state index contributed by atoms with van der Waals surface area (Å²) in [4.78, 5) is 24.5. The van der Waals surface area contributed by atoms with Crippen LogP contribution in [0.15, 0.2) is 78.9 Å². The van der Waals surface area contributed by atoms with Gasteiger partial charge < -0.3 is 14.2 Å². The molecule has 0 bridgehead atoms. The first-order chi connectivity index (χ1) is 13.6. The van der Waals surface area contributed by atoms with Gasteiger partial charge in [-0.15, -0.1) is 0 Å². The van der Waals surface area contributed by atoms with Crippen molar-refractivity contribution in [1.29, 1.82) is 0 Å². The molecular formula is C22H17FO5. The van der Waals surface area contributed by atoms with Gasteiger partial charge in [0, 0.05) is 0 Å². The van der Waals surface area contributed by atoms with E-state index in [-0.39, 0.29) is 30.1 Å². The maximum Gasteiger partial charge on any atom is 0.346 e. The predicted octanol–water partition coefficient (Wildman–Crippen LogP) is 4.28. The maximum absolute atomic E-state index is 13.7. The van der Waals surface area contributed by atoms with Crippen LogP contribution < -0.4 is 9.47 Å². The summed E-state index contributed by atoms with van der Waals surface area (Å²) in [5.41, 5.74) is -0.158. The largest absolute Gasteiger partial charge is 0.490 e. The molecule has 0 N–H and O–H groups in total. The van der Waals surface area contributed by atoms with E-state index in [2.05, 4.69) is 0 Å². The molecule has 0 aliphatic carbocycles. The van der Waals surface area contributed by atoms with Crippen LogP contribution in [0.4, 0.5) is 4.39 Å². The van der Waals surface area contributed by atoms with Gasteiger partial charge >= 0.3 is 11.9 Å². The van der Waals surface area contributed by atoms with E-state index in [9.17, 15) is 14.0 Å². The number of hydrogen-bond acceptors (Lipinski definition) is 5. The van der Waals surface area contributed by atoms with E-state index in [4.69, 9.17) is 14.2 Å². The lowest BCUT2D eigenvalue weighted by Crippen LogP contribution is -2.16. The molecule has 0 heterocycles. The second-order valence-electron chi connectivity index (χ2n) is 5.66. The fourth-order valence-corrected chi connectivity index (χ4v) is 2.39. The molecule has 28 heavy (non-hydrogen) atoms. The Morgan fingerprint density at radius 3 is 2.11 bits per heavy atom. The summed E-state index contributed by atoms with van der Waals surface area (Å²) in [6, 6.07) is 20.7. The van der Waals surface area contributed by atoms with E-state index in [1.54, 1.807) is 24.3 Å². The van der Waals surface area contributed by atoms with E-state index in [0.29, 0.717) is 5.75 Å². The molecule has 0 radical (unpaired) electrons. The third-order valence-corrected chi connectivity index (χ3v) is 3.73. The fourth-order valence-electron chi connectivity index (χ4n) is 2.39. The lowest BCUT2D eigenvalue weighted by Gasteiger charge is -2.11. The highest BCUT2D eigenvalue weighted by molar-refractivity contribution is 5.96. The summed E-state index contributed by atoms with van der Waals surface area (Å²) in [6.45, 7) is 0.191.